The van der Waals surface area contributed by atoms with Crippen LogP contribution in [-0.4, -0.2) is 20.8 Å². The lowest BCUT2D eigenvalue weighted by Gasteiger charge is -2.00. The van der Waals surface area contributed by atoms with Crippen molar-refractivity contribution >= 4 is 17.2 Å². The molecule has 0 bridgehead atoms. The molecule has 0 aromatic carbocycles. The standard InChI is InChI=1S/C14H11N5S/c15-13(16)11-5-1-4-10(19-11)12-8-18-14(20-12)9-3-2-6-17-7-9/h1-8H,(H3,15,16). The second kappa shape index (κ2) is 5.18. The van der Waals surface area contributed by atoms with Crippen LogP contribution in [0.4, 0.5) is 0 Å². The summed E-state index contributed by atoms with van der Waals surface area (Å²) in [7, 11) is 0. The molecule has 3 N–H and O–H groups in total. The van der Waals surface area contributed by atoms with Crippen molar-refractivity contribution in [3.05, 3.63) is 54.6 Å². The van der Waals surface area contributed by atoms with Gasteiger partial charge in [0.1, 0.15) is 16.5 Å². The van der Waals surface area contributed by atoms with Crippen LogP contribution in [0.1, 0.15) is 5.69 Å². The first-order valence-corrected chi connectivity index (χ1v) is 6.74. The molecule has 3 aromatic rings. The number of pyridine rings is 2. The molecule has 0 fully saturated rings. The van der Waals surface area contributed by atoms with Gasteiger partial charge in [-0.05, 0) is 24.3 Å². The highest BCUT2D eigenvalue weighted by molar-refractivity contribution is 7.18. The highest BCUT2D eigenvalue weighted by Gasteiger charge is 2.09. The lowest BCUT2D eigenvalue weighted by Crippen LogP contribution is -2.12. The molecule has 0 amide bonds. The van der Waals surface area contributed by atoms with Crippen molar-refractivity contribution in [2.75, 3.05) is 0 Å². The Kier molecular flexibility index (Phi) is 3.22. The van der Waals surface area contributed by atoms with Crippen LogP contribution < -0.4 is 5.73 Å². The largest absolute Gasteiger partial charge is 0.382 e. The molecule has 0 saturated carbocycles. The van der Waals surface area contributed by atoms with Gasteiger partial charge in [0, 0.05) is 24.2 Å². The first kappa shape index (κ1) is 12.4. The number of hydrogen-bond acceptors (Lipinski definition) is 5. The minimum Gasteiger partial charge on any atom is -0.382 e. The molecule has 0 saturated heterocycles. The van der Waals surface area contributed by atoms with Crippen LogP contribution in [-0.2, 0) is 0 Å². The molecule has 0 aliphatic rings. The van der Waals surface area contributed by atoms with E-state index in [9.17, 15) is 0 Å². The first-order chi connectivity index (χ1) is 9.74. The fourth-order valence-corrected chi connectivity index (χ4v) is 2.61. The molecule has 0 aliphatic carbocycles. The van der Waals surface area contributed by atoms with Gasteiger partial charge in [-0.2, -0.15) is 0 Å². The van der Waals surface area contributed by atoms with Gasteiger partial charge >= 0.3 is 0 Å². The highest BCUT2D eigenvalue weighted by atomic mass is 32.1. The van der Waals surface area contributed by atoms with Crippen molar-refractivity contribution in [3.8, 4) is 21.1 Å². The second-order valence-electron chi connectivity index (χ2n) is 4.09. The van der Waals surface area contributed by atoms with Crippen molar-refractivity contribution in [1.29, 1.82) is 5.41 Å². The summed E-state index contributed by atoms with van der Waals surface area (Å²) < 4.78 is 0. The minimum atomic E-state index is -0.0381. The Morgan fingerprint density at radius 2 is 2.05 bits per heavy atom. The number of nitrogens with one attached hydrogen (secondary N) is 1. The molecule has 0 aliphatic heterocycles. The highest BCUT2D eigenvalue weighted by Crippen LogP contribution is 2.30. The molecule has 98 valence electrons. The maximum Gasteiger partial charge on any atom is 0.141 e. The summed E-state index contributed by atoms with van der Waals surface area (Å²) in [6.45, 7) is 0. The van der Waals surface area contributed by atoms with Gasteiger partial charge < -0.3 is 5.73 Å². The topological polar surface area (TPSA) is 88.5 Å². The van der Waals surface area contributed by atoms with E-state index in [0.717, 1.165) is 21.1 Å². The molecular weight excluding hydrogens is 270 g/mol. The van der Waals surface area contributed by atoms with E-state index in [4.69, 9.17) is 11.1 Å². The first-order valence-electron chi connectivity index (χ1n) is 5.92. The zero-order valence-corrected chi connectivity index (χ0v) is 11.3. The van der Waals surface area contributed by atoms with Gasteiger partial charge in [-0.1, -0.05) is 6.07 Å². The van der Waals surface area contributed by atoms with E-state index in [-0.39, 0.29) is 5.84 Å². The summed E-state index contributed by atoms with van der Waals surface area (Å²) >= 11 is 1.53. The van der Waals surface area contributed by atoms with Crippen molar-refractivity contribution in [2.45, 2.75) is 0 Å². The van der Waals surface area contributed by atoms with Crippen molar-refractivity contribution < 1.29 is 0 Å². The van der Waals surface area contributed by atoms with Crippen LogP contribution in [0.3, 0.4) is 0 Å². The summed E-state index contributed by atoms with van der Waals surface area (Å²) in [5, 5.41) is 8.32. The van der Waals surface area contributed by atoms with Gasteiger partial charge in [0.25, 0.3) is 0 Å². The Balaban J connectivity index is 1.98. The fraction of sp³-hybridized carbons (Fsp3) is 0. The van der Waals surface area contributed by atoms with Gasteiger partial charge in [0.2, 0.25) is 0 Å². The molecule has 0 radical (unpaired) electrons. The third-order valence-corrected chi connectivity index (χ3v) is 3.76. The predicted molar refractivity (Wildman–Crippen MR) is 79.6 cm³/mol. The van der Waals surface area contributed by atoms with Crippen molar-refractivity contribution in [1.82, 2.24) is 15.0 Å². The van der Waals surface area contributed by atoms with Crippen molar-refractivity contribution in [3.63, 3.8) is 0 Å². The molecule has 6 heteroatoms. The molecule has 0 unspecified atom stereocenters. The van der Waals surface area contributed by atoms with E-state index >= 15 is 0 Å². The van der Waals surface area contributed by atoms with Crippen LogP contribution >= 0.6 is 11.3 Å². The third kappa shape index (κ3) is 2.41. The van der Waals surface area contributed by atoms with E-state index in [1.54, 1.807) is 24.7 Å². The van der Waals surface area contributed by atoms with Crippen LogP contribution in [0, 0.1) is 5.41 Å². The normalized spacial score (nSPS) is 10.4. The predicted octanol–water partition coefficient (Wildman–Crippen LogP) is 2.55. The monoisotopic (exact) mass is 281 g/mol. The zero-order valence-electron chi connectivity index (χ0n) is 10.4. The second-order valence-corrected chi connectivity index (χ2v) is 5.12. The Morgan fingerprint density at radius 3 is 2.80 bits per heavy atom. The molecule has 20 heavy (non-hydrogen) atoms. The molecular formula is C14H11N5S. The lowest BCUT2D eigenvalue weighted by molar-refractivity contribution is 1.26. The van der Waals surface area contributed by atoms with Gasteiger partial charge in [-0.15, -0.1) is 11.3 Å². The zero-order chi connectivity index (χ0) is 13.9. The number of nitrogens with zero attached hydrogens (tertiary/aromatic N) is 3. The van der Waals surface area contributed by atoms with Crippen LogP contribution in [0.15, 0.2) is 48.9 Å². The smallest absolute Gasteiger partial charge is 0.141 e. The average molecular weight is 281 g/mol. The molecule has 3 aromatic heterocycles. The van der Waals surface area contributed by atoms with Crippen LogP contribution in [0.2, 0.25) is 0 Å². The van der Waals surface area contributed by atoms with Crippen molar-refractivity contribution in [2.24, 2.45) is 5.73 Å². The van der Waals surface area contributed by atoms with Gasteiger partial charge in [-0.25, -0.2) is 9.97 Å². The van der Waals surface area contributed by atoms with E-state index in [1.807, 2.05) is 24.3 Å². The van der Waals surface area contributed by atoms with Gasteiger partial charge in [0.05, 0.1) is 10.6 Å². The molecule has 0 spiro atoms. The number of rotatable bonds is 3. The Labute approximate surface area is 119 Å². The quantitative estimate of drug-likeness (QED) is 0.570. The Hall–Kier alpha value is -2.60. The van der Waals surface area contributed by atoms with E-state index in [1.165, 1.54) is 11.3 Å². The Bertz CT molecular complexity index is 751. The van der Waals surface area contributed by atoms with E-state index in [2.05, 4.69) is 15.0 Å². The summed E-state index contributed by atoms with van der Waals surface area (Å²) in [6.07, 6.45) is 5.29. The number of aromatic nitrogens is 3. The Morgan fingerprint density at radius 1 is 1.15 bits per heavy atom. The summed E-state index contributed by atoms with van der Waals surface area (Å²) in [6, 6.07) is 9.28. The summed E-state index contributed by atoms with van der Waals surface area (Å²) in [4.78, 5) is 13.8. The number of amidine groups is 1. The number of nitrogens with two attached hydrogens (primary N) is 1. The lowest BCUT2D eigenvalue weighted by atomic mass is 10.2. The molecule has 0 atom stereocenters. The average Bonchev–Trinajstić information content (AvgIpc) is 2.98. The van der Waals surface area contributed by atoms with E-state index < -0.39 is 0 Å². The summed E-state index contributed by atoms with van der Waals surface area (Å²) in [5.74, 6) is -0.0381. The minimum absolute atomic E-state index is 0.0381. The summed E-state index contributed by atoms with van der Waals surface area (Å²) in [5.41, 5.74) is 7.68. The van der Waals surface area contributed by atoms with Crippen LogP contribution in [0.25, 0.3) is 21.1 Å². The molecule has 3 heterocycles. The van der Waals surface area contributed by atoms with Gasteiger partial charge in [0.15, 0.2) is 0 Å². The number of hydrogen-bond donors (Lipinski definition) is 2. The molecule has 5 nitrogen and oxygen atoms in total. The van der Waals surface area contributed by atoms with E-state index in [0.29, 0.717) is 5.69 Å². The maximum atomic E-state index is 7.43. The molecule has 3 rings (SSSR count). The van der Waals surface area contributed by atoms with Gasteiger partial charge in [-0.3, -0.25) is 10.4 Å². The number of nitrogen functional groups attached to an aromatic ring is 1. The number of thiazole rings is 1. The maximum absolute atomic E-state index is 7.43. The third-order valence-electron chi connectivity index (χ3n) is 2.69. The van der Waals surface area contributed by atoms with Crippen LogP contribution in [0.5, 0.6) is 0 Å². The fourth-order valence-electron chi connectivity index (χ4n) is 1.74. The SMILES string of the molecule is N=C(N)c1cccc(-c2cnc(-c3cccnc3)s2)n1.